The van der Waals surface area contributed by atoms with Gasteiger partial charge in [-0.2, -0.15) is 5.26 Å². The second-order valence-corrected chi connectivity index (χ2v) is 3.64. The molecular formula is C3H6NO4P. The lowest BCUT2D eigenvalue weighted by Gasteiger charge is -2.14. The van der Waals surface area contributed by atoms with Crippen LogP contribution in [0.15, 0.2) is 0 Å². The Morgan fingerprint density at radius 3 is 2.00 bits per heavy atom. The Hall–Kier alpha value is -0.400. The van der Waals surface area contributed by atoms with E-state index in [1.54, 1.807) is 0 Å². The highest BCUT2D eigenvalue weighted by Crippen LogP contribution is 2.47. The zero-order chi connectivity index (χ0) is 7.71. The van der Waals surface area contributed by atoms with E-state index >= 15 is 0 Å². The molecule has 3 N–H and O–H groups in total. The third-order valence-electron chi connectivity index (χ3n) is 0.779. The van der Waals surface area contributed by atoms with Crippen molar-refractivity contribution < 1.29 is 19.5 Å². The highest BCUT2D eigenvalue weighted by Gasteiger charge is 2.40. The van der Waals surface area contributed by atoms with E-state index < -0.39 is 12.9 Å². The number of aliphatic hydroxyl groups is 1. The summed E-state index contributed by atoms with van der Waals surface area (Å²) in [5.41, 5.74) is 0. The third kappa shape index (κ3) is 1.77. The number of hydrogen-bond acceptors (Lipinski definition) is 3. The molecule has 0 bridgehead atoms. The summed E-state index contributed by atoms with van der Waals surface area (Å²) in [6.07, 6.45) is 0. The highest BCUT2D eigenvalue weighted by atomic mass is 31.2. The van der Waals surface area contributed by atoms with Crippen molar-refractivity contribution in [2.45, 2.75) is 12.3 Å². The highest BCUT2D eigenvalue weighted by molar-refractivity contribution is 7.53. The lowest BCUT2D eigenvalue weighted by atomic mass is 10.5. The van der Waals surface area contributed by atoms with Gasteiger partial charge in [0.25, 0.3) is 0 Å². The van der Waals surface area contributed by atoms with E-state index in [0.717, 1.165) is 13.0 Å². The van der Waals surface area contributed by atoms with E-state index in [0.29, 0.717) is 0 Å². The van der Waals surface area contributed by atoms with Crippen molar-refractivity contribution in [1.29, 1.82) is 5.26 Å². The lowest BCUT2D eigenvalue weighted by molar-refractivity contribution is 0.159. The molecule has 0 rings (SSSR count). The SMILES string of the molecule is C[C@@](O)(C#N)P(=O)(O)O. The molecule has 0 fully saturated rings. The van der Waals surface area contributed by atoms with E-state index in [2.05, 4.69) is 0 Å². The van der Waals surface area contributed by atoms with Crippen LogP contribution in [0.3, 0.4) is 0 Å². The molecule has 0 spiro atoms. The van der Waals surface area contributed by atoms with Gasteiger partial charge in [0.1, 0.15) is 6.07 Å². The fraction of sp³-hybridized carbons (Fsp3) is 0.667. The van der Waals surface area contributed by atoms with Crippen LogP contribution in [-0.4, -0.2) is 20.2 Å². The Morgan fingerprint density at radius 1 is 1.67 bits per heavy atom. The summed E-state index contributed by atoms with van der Waals surface area (Å²) in [5, 5.41) is 13.9. The van der Waals surface area contributed by atoms with Gasteiger partial charge in [0.2, 0.25) is 5.34 Å². The summed E-state index contributed by atoms with van der Waals surface area (Å²) in [5.74, 6) is 0. The molecule has 0 aromatic heterocycles. The molecule has 0 unspecified atom stereocenters. The molecular weight excluding hydrogens is 145 g/mol. The molecule has 0 saturated heterocycles. The molecule has 5 nitrogen and oxygen atoms in total. The summed E-state index contributed by atoms with van der Waals surface area (Å²) < 4.78 is 10.1. The molecule has 0 aliphatic heterocycles. The van der Waals surface area contributed by atoms with Crippen LogP contribution in [0.5, 0.6) is 0 Å². The van der Waals surface area contributed by atoms with Crippen molar-refractivity contribution in [2.24, 2.45) is 0 Å². The molecule has 0 amide bonds. The molecule has 0 aromatic carbocycles. The normalized spacial score (nSPS) is 18.1. The summed E-state index contributed by atoms with van der Waals surface area (Å²) in [6.45, 7) is 0.758. The first-order valence-corrected chi connectivity index (χ1v) is 3.62. The first-order chi connectivity index (χ1) is 3.81. The maximum Gasteiger partial charge on any atom is 0.371 e. The number of nitrogens with zero attached hydrogens (tertiary/aromatic N) is 1. The van der Waals surface area contributed by atoms with Gasteiger partial charge in [0.15, 0.2) is 0 Å². The van der Waals surface area contributed by atoms with Crippen LogP contribution in [0.4, 0.5) is 0 Å². The smallest absolute Gasteiger partial charge is 0.366 e. The topological polar surface area (TPSA) is 102 Å². The van der Waals surface area contributed by atoms with Crippen molar-refractivity contribution in [3.63, 3.8) is 0 Å². The molecule has 9 heavy (non-hydrogen) atoms. The Kier molecular flexibility index (Phi) is 1.99. The minimum Gasteiger partial charge on any atom is -0.366 e. The second kappa shape index (κ2) is 2.09. The van der Waals surface area contributed by atoms with Crippen molar-refractivity contribution >= 4 is 7.60 Å². The van der Waals surface area contributed by atoms with Crippen LogP contribution in [0.2, 0.25) is 0 Å². The van der Waals surface area contributed by atoms with Crippen molar-refractivity contribution in [3.8, 4) is 6.07 Å². The number of rotatable bonds is 1. The van der Waals surface area contributed by atoms with Crippen LogP contribution >= 0.6 is 7.60 Å². The predicted molar refractivity (Wildman–Crippen MR) is 28.3 cm³/mol. The Bertz CT molecular complexity index is 186. The standard InChI is InChI=1S/C3H6NO4P/c1-3(5,2-4)9(6,7)8/h5H,1H3,(H2,6,7,8)/t3-/m0/s1. The number of hydrogen-bond donors (Lipinski definition) is 3. The predicted octanol–water partition coefficient (Wildman–Crippen LogP) is -0.604. The monoisotopic (exact) mass is 151 g/mol. The maximum absolute atomic E-state index is 10.1. The summed E-state index contributed by atoms with van der Waals surface area (Å²) in [6, 6.07) is 1.07. The maximum atomic E-state index is 10.1. The second-order valence-electron chi connectivity index (χ2n) is 1.68. The van der Waals surface area contributed by atoms with Crippen LogP contribution < -0.4 is 0 Å². The first kappa shape index (κ1) is 8.60. The van der Waals surface area contributed by atoms with E-state index in [1.165, 1.54) is 0 Å². The molecule has 0 aliphatic rings. The lowest BCUT2D eigenvalue weighted by Crippen LogP contribution is -2.20. The zero-order valence-electron chi connectivity index (χ0n) is 4.64. The first-order valence-electron chi connectivity index (χ1n) is 2.00. The minimum absolute atomic E-state index is 0.758. The quantitative estimate of drug-likeness (QED) is 0.343. The largest absolute Gasteiger partial charge is 0.371 e. The van der Waals surface area contributed by atoms with Gasteiger partial charge in [0, 0.05) is 0 Å². The van der Waals surface area contributed by atoms with Gasteiger partial charge in [-0.05, 0) is 6.92 Å². The average molecular weight is 151 g/mol. The molecule has 0 radical (unpaired) electrons. The summed E-state index contributed by atoms with van der Waals surface area (Å²) in [7, 11) is -4.67. The van der Waals surface area contributed by atoms with E-state index in [4.69, 9.17) is 20.2 Å². The Morgan fingerprint density at radius 2 is 2.00 bits per heavy atom. The molecule has 6 heteroatoms. The fourth-order valence-electron chi connectivity index (χ4n) is 0.0651. The molecule has 0 aliphatic carbocycles. The Balaban J connectivity index is 4.61. The van der Waals surface area contributed by atoms with E-state index in [9.17, 15) is 4.57 Å². The van der Waals surface area contributed by atoms with Gasteiger partial charge in [0.05, 0.1) is 0 Å². The fourth-order valence-corrected chi connectivity index (χ4v) is 0.195. The van der Waals surface area contributed by atoms with Crippen molar-refractivity contribution in [3.05, 3.63) is 0 Å². The molecule has 0 aromatic rings. The van der Waals surface area contributed by atoms with Gasteiger partial charge < -0.3 is 14.9 Å². The minimum atomic E-state index is -4.67. The van der Waals surface area contributed by atoms with Crippen LogP contribution in [0, 0.1) is 11.3 Å². The molecule has 52 valence electrons. The van der Waals surface area contributed by atoms with Gasteiger partial charge >= 0.3 is 7.60 Å². The van der Waals surface area contributed by atoms with E-state index in [1.807, 2.05) is 0 Å². The molecule has 0 heterocycles. The third-order valence-corrected chi connectivity index (χ3v) is 2.01. The van der Waals surface area contributed by atoms with E-state index in [-0.39, 0.29) is 0 Å². The zero-order valence-corrected chi connectivity index (χ0v) is 5.54. The molecule has 1 atom stereocenters. The van der Waals surface area contributed by atoms with Crippen molar-refractivity contribution in [2.75, 3.05) is 0 Å². The Labute approximate surface area is 51.7 Å². The molecule has 0 saturated carbocycles. The van der Waals surface area contributed by atoms with Crippen LogP contribution in [-0.2, 0) is 4.57 Å². The summed E-state index contributed by atoms with van der Waals surface area (Å²) >= 11 is 0. The van der Waals surface area contributed by atoms with Gasteiger partial charge in [-0.1, -0.05) is 0 Å². The van der Waals surface area contributed by atoms with Gasteiger partial charge in [-0.15, -0.1) is 0 Å². The average Bonchev–Trinajstić information content (AvgIpc) is 1.64. The number of nitriles is 1. The van der Waals surface area contributed by atoms with Crippen LogP contribution in [0.1, 0.15) is 6.92 Å². The van der Waals surface area contributed by atoms with Crippen LogP contribution in [0.25, 0.3) is 0 Å². The van der Waals surface area contributed by atoms with Gasteiger partial charge in [-0.25, -0.2) is 0 Å². The van der Waals surface area contributed by atoms with Crippen molar-refractivity contribution in [1.82, 2.24) is 0 Å². The summed E-state index contributed by atoms with van der Waals surface area (Å²) in [4.78, 5) is 16.4. The van der Waals surface area contributed by atoms with Gasteiger partial charge in [-0.3, -0.25) is 4.57 Å².